The quantitative estimate of drug-likeness (QED) is 0.899. The summed E-state index contributed by atoms with van der Waals surface area (Å²) in [5, 5.41) is 3.71. The first-order chi connectivity index (χ1) is 9.08. The number of hydrogen-bond donors (Lipinski definition) is 1. The zero-order valence-corrected chi connectivity index (χ0v) is 13.1. The smallest absolute Gasteiger partial charge is 0.126 e. The second-order valence-corrected chi connectivity index (χ2v) is 6.46. The van der Waals surface area contributed by atoms with Gasteiger partial charge in [0, 0.05) is 25.0 Å². The second-order valence-electron chi connectivity index (χ2n) is 4.25. The Morgan fingerprint density at radius 3 is 2.63 bits per heavy atom. The van der Waals surface area contributed by atoms with Crippen LogP contribution in [0.25, 0.3) is 0 Å². The van der Waals surface area contributed by atoms with E-state index < -0.39 is 0 Å². The third-order valence-corrected chi connectivity index (χ3v) is 4.21. The predicted molar refractivity (Wildman–Crippen MR) is 83.3 cm³/mol. The lowest BCUT2D eigenvalue weighted by molar-refractivity contribution is 0.318. The lowest BCUT2D eigenvalue weighted by atomic mass is 10.3. The Morgan fingerprint density at radius 2 is 2.00 bits per heavy atom. The van der Waals surface area contributed by atoms with Gasteiger partial charge in [-0.3, -0.25) is 4.90 Å². The summed E-state index contributed by atoms with van der Waals surface area (Å²) in [6.07, 6.45) is 0. The average molecular weight is 316 g/mol. The van der Waals surface area contributed by atoms with Crippen LogP contribution in [0.2, 0.25) is 9.36 Å². The predicted octanol–water partition coefficient (Wildman–Crippen LogP) is 4.12. The number of hydrogen-bond acceptors (Lipinski definition) is 4. The van der Waals surface area contributed by atoms with Crippen LogP contribution in [0, 0.1) is 0 Å². The second kappa shape index (κ2) is 6.57. The molecule has 2 rings (SSSR count). The van der Waals surface area contributed by atoms with Gasteiger partial charge in [-0.1, -0.05) is 23.2 Å². The fourth-order valence-corrected chi connectivity index (χ4v) is 3.08. The Kier molecular flexibility index (Phi) is 5.05. The van der Waals surface area contributed by atoms with E-state index in [-0.39, 0.29) is 0 Å². The summed E-state index contributed by atoms with van der Waals surface area (Å²) < 4.78 is 0.816. The van der Waals surface area contributed by atoms with Crippen molar-refractivity contribution in [1.82, 2.24) is 9.88 Å². The fraction of sp³-hybridized carbons (Fsp3) is 0.308. The molecule has 0 aliphatic rings. The highest BCUT2D eigenvalue weighted by atomic mass is 35.5. The van der Waals surface area contributed by atoms with Crippen molar-refractivity contribution < 1.29 is 0 Å². The minimum Gasteiger partial charge on any atom is -0.373 e. The van der Waals surface area contributed by atoms with Gasteiger partial charge in [0.15, 0.2) is 0 Å². The maximum atomic E-state index is 6.17. The molecule has 0 spiro atoms. The Labute approximate surface area is 127 Å². The Hall–Kier alpha value is -0.810. The van der Waals surface area contributed by atoms with Gasteiger partial charge in [0.2, 0.25) is 0 Å². The van der Waals surface area contributed by atoms with Crippen LogP contribution >= 0.6 is 34.5 Å². The summed E-state index contributed by atoms with van der Waals surface area (Å²) in [6.45, 7) is 1.53. The minimum atomic E-state index is 0.690. The van der Waals surface area contributed by atoms with Gasteiger partial charge in [-0.05, 0) is 31.3 Å². The number of pyridine rings is 1. The first-order valence-electron chi connectivity index (χ1n) is 5.84. The first-order valence-corrected chi connectivity index (χ1v) is 7.41. The maximum Gasteiger partial charge on any atom is 0.126 e. The molecule has 1 N–H and O–H groups in total. The highest BCUT2D eigenvalue weighted by Gasteiger charge is 2.09. The summed E-state index contributed by atoms with van der Waals surface area (Å²) in [7, 11) is 3.88. The molecule has 6 heteroatoms. The molecule has 0 fully saturated rings. The monoisotopic (exact) mass is 315 g/mol. The van der Waals surface area contributed by atoms with E-state index in [2.05, 4.69) is 15.2 Å². The van der Waals surface area contributed by atoms with Crippen LogP contribution in [0.15, 0.2) is 24.3 Å². The molecule has 102 valence electrons. The Balaban J connectivity index is 2.03. The molecular weight excluding hydrogens is 301 g/mol. The molecule has 0 aromatic carbocycles. The molecule has 0 amide bonds. The summed E-state index contributed by atoms with van der Waals surface area (Å²) in [6, 6.07) is 7.70. The van der Waals surface area contributed by atoms with Crippen molar-refractivity contribution in [1.29, 1.82) is 0 Å². The van der Waals surface area contributed by atoms with Crippen molar-refractivity contribution in [3.63, 3.8) is 0 Å². The summed E-state index contributed by atoms with van der Waals surface area (Å²) in [5.74, 6) is 0.826. The Bertz CT molecular complexity index is 557. The average Bonchev–Trinajstić information content (AvgIpc) is 2.77. The summed E-state index contributed by atoms with van der Waals surface area (Å²) in [5.41, 5.74) is 0.874. The third kappa shape index (κ3) is 4.08. The van der Waals surface area contributed by atoms with Crippen molar-refractivity contribution >= 4 is 40.4 Å². The number of thiophene rings is 1. The molecule has 2 aromatic rings. The van der Waals surface area contributed by atoms with Gasteiger partial charge in [0.25, 0.3) is 0 Å². The largest absolute Gasteiger partial charge is 0.373 e. The van der Waals surface area contributed by atoms with Crippen LogP contribution < -0.4 is 5.32 Å². The zero-order chi connectivity index (χ0) is 13.8. The number of nitrogens with one attached hydrogen (secondary N) is 1. The standard InChI is InChI=1S/C13H15Cl2N3S/c1-16-13-6-4-10(14)11(17-13)8-18(2)7-9-3-5-12(15)19-9/h3-6H,7-8H2,1-2H3,(H,16,17). The lowest BCUT2D eigenvalue weighted by Crippen LogP contribution is -2.18. The van der Waals surface area contributed by atoms with E-state index in [1.165, 1.54) is 4.88 Å². The van der Waals surface area contributed by atoms with Crippen LogP contribution in [-0.2, 0) is 13.1 Å². The van der Waals surface area contributed by atoms with Gasteiger partial charge in [-0.15, -0.1) is 11.3 Å². The topological polar surface area (TPSA) is 28.2 Å². The SMILES string of the molecule is CNc1ccc(Cl)c(CN(C)Cc2ccc(Cl)s2)n1. The van der Waals surface area contributed by atoms with Gasteiger partial charge < -0.3 is 5.32 Å². The number of aromatic nitrogens is 1. The maximum absolute atomic E-state index is 6.17. The lowest BCUT2D eigenvalue weighted by Gasteiger charge is -2.16. The van der Waals surface area contributed by atoms with Crippen molar-refractivity contribution in [3.8, 4) is 0 Å². The fourth-order valence-electron chi connectivity index (χ4n) is 1.75. The highest BCUT2D eigenvalue weighted by Crippen LogP contribution is 2.23. The van der Waals surface area contributed by atoms with Crippen molar-refractivity contribution in [2.24, 2.45) is 0 Å². The summed E-state index contributed by atoms with van der Waals surface area (Å²) >= 11 is 13.7. The van der Waals surface area contributed by atoms with Gasteiger partial charge in [0.1, 0.15) is 5.82 Å². The van der Waals surface area contributed by atoms with E-state index in [0.29, 0.717) is 11.6 Å². The molecule has 0 aliphatic carbocycles. The van der Waals surface area contributed by atoms with Gasteiger partial charge in [-0.2, -0.15) is 0 Å². The van der Waals surface area contributed by atoms with Crippen molar-refractivity contribution in [2.45, 2.75) is 13.1 Å². The number of rotatable bonds is 5. The molecule has 0 unspecified atom stereocenters. The van der Waals surface area contributed by atoms with Crippen LogP contribution in [0.1, 0.15) is 10.6 Å². The van der Waals surface area contributed by atoms with Gasteiger partial charge in [-0.25, -0.2) is 4.98 Å². The third-order valence-electron chi connectivity index (χ3n) is 2.65. The Morgan fingerprint density at radius 1 is 1.21 bits per heavy atom. The molecule has 0 bridgehead atoms. The van der Waals surface area contributed by atoms with Crippen molar-refractivity contribution in [3.05, 3.63) is 44.2 Å². The first kappa shape index (κ1) is 14.6. The molecule has 2 aromatic heterocycles. The summed E-state index contributed by atoms with van der Waals surface area (Å²) in [4.78, 5) is 7.86. The van der Waals surface area contributed by atoms with Gasteiger partial charge in [0.05, 0.1) is 15.1 Å². The highest BCUT2D eigenvalue weighted by molar-refractivity contribution is 7.16. The van der Waals surface area contributed by atoms with E-state index in [9.17, 15) is 0 Å². The number of nitrogens with zero attached hydrogens (tertiary/aromatic N) is 2. The van der Waals surface area contributed by atoms with Crippen LogP contribution in [0.5, 0.6) is 0 Å². The molecule has 0 radical (unpaired) electrons. The van der Waals surface area contributed by atoms with E-state index in [1.807, 2.05) is 38.4 Å². The molecule has 19 heavy (non-hydrogen) atoms. The van der Waals surface area contributed by atoms with Crippen LogP contribution in [0.3, 0.4) is 0 Å². The van der Waals surface area contributed by atoms with Crippen LogP contribution in [-0.4, -0.2) is 24.0 Å². The number of halogens is 2. The molecule has 0 atom stereocenters. The molecule has 0 saturated carbocycles. The van der Waals surface area contributed by atoms with E-state index in [4.69, 9.17) is 23.2 Å². The molecule has 0 saturated heterocycles. The van der Waals surface area contributed by atoms with Gasteiger partial charge >= 0.3 is 0 Å². The minimum absolute atomic E-state index is 0.690. The number of anilines is 1. The zero-order valence-electron chi connectivity index (χ0n) is 10.8. The molecule has 0 aliphatic heterocycles. The van der Waals surface area contributed by atoms with E-state index in [1.54, 1.807) is 11.3 Å². The van der Waals surface area contributed by atoms with E-state index >= 15 is 0 Å². The van der Waals surface area contributed by atoms with Crippen molar-refractivity contribution in [2.75, 3.05) is 19.4 Å². The molecular formula is C13H15Cl2N3S. The molecule has 2 heterocycles. The molecule has 3 nitrogen and oxygen atoms in total. The normalized spacial score (nSPS) is 11.0. The van der Waals surface area contributed by atoms with E-state index in [0.717, 1.165) is 22.4 Å². The van der Waals surface area contributed by atoms with Crippen LogP contribution in [0.4, 0.5) is 5.82 Å².